The van der Waals surface area contributed by atoms with Crippen LogP contribution in [-0.4, -0.2) is 167 Å². The normalized spacial score (nSPS) is 31.7. The van der Waals surface area contributed by atoms with E-state index in [0.717, 1.165) is 5.01 Å². The topological polar surface area (TPSA) is 298 Å². The summed E-state index contributed by atoms with van der Waals surface area (Å²) in [5.74, 6) is -1.74. The Hall–Kier alpha value is -4.52. The SMILES string of the molecule is O=C1c2c(c3c4ccc(O)cc4n([C@@H]4O[C@H](CO)[C@@H](O[C@@H]5O[C@H](CO)[C@@H](O)[C@H](O)[C@H]5O)[C@H](O)[C@H]4O)c3c3[nH]c4cc(O)ccc4c23)C(=O)N1NC1COCOC1. The number of nitrogens with zero attached hydrogens (tertiary/aromatic N) is 2. The molecule has 0 bridgehead atoms. The number of hydrogen-bond acceptors (Lipinski definition) is 17. The molecule has 11 N–H and O–H groups in total. The molecule has 0 saturated carbocycles. The summed E-state index contributed by atoms with van der Waals surface area (Å²) in [7, 11) is 0. The zero-order chi connectivity index (χ0) is 39.3. The predicted molar refractivity (Wildman–Crippen MR) is 188 cm³/mol. The molecule has 0 spiro atoms. The number of hydrogen-bond donors (Lipinski definition) is 11. The maximum Gasteiger partial charge on any atom is 0.276 e. The highest BCUT2D eigenvalue weighted by molar-refractivity contribution is 6.39. The number of ether oxygens (including phenoxy) is 5. The minimum atomic E-state index is -1.91. The molecule has 9 rings (SSSR count). The van der Waals surface area contributed by atoms with E-state index in [1.807, 2.05) is 0 Å². The van der Waals surface area contributed by atoms with E-state index in [1.54, 1.807) is 6.07 Å². The number of aromatic hydroxyl groups is 2. The molecule has 3 fully saturated rings. The molecule has 0 radical (unpaired) electrons. The standard InChI is InChI=1S/C36H38N4O16/c41-7-19-27(45)28(46)31(49)36(55-19)56-32-20(8-42)54-35(30(48)29(32)47)39-18-6-14(44)2-4-16(18)22-24-23(33(50)40(34(24)51)38-12-9-52-11-53-10-12)21-15-3-1-13(43)5-17(15)37-25(21)26(22)39/h1-6,12,19-20,27-32,35-38,41-49H,7-11H2/t19-,20-,27-,28+,29-,30-,31-,32-,35-,36+/m1/s1. The Morgan fingerprint density at radius 1 is 0.768 bits per heavy atom. The van der Waals surface area contributed by atoms with E-state index in [0.29, 0.717) is 16.3 Å². The van der Waals surface area contributed by atoms with Gasteiger partial charge >= 0.3 is 0 Å². The number of phenolic OH excluding ortho intramolecular Hbond substituents is 2. The van der Waals surface area contributed by atoms with Crippen molar-refractivity contribution in [3.05, 3.63) is 47.5 Å². The van der Waals surface area contributed by atoms with Crippen molar-refractivity contribution in [3.8, 4) is 11.5 Å². The fourth-order valence-corrected chi connectivity index (χ4v) is 8.32. The molecule has 2 amide bonds. The van der Waals surface area contributed by atoms with E-state index in [4.69, 9.17) is 23.7 Å². The zero-order valence-electron chi connectivity index (χ0n) is 29.1. The van der Waals surface area contributed by atoms with Gasteiger partial charge in [0.2, 0.25) is 0 Å². The first-order valence-electron chi connectivity index (χ1n) is 17.8. The van der Waals surface area contributed by atoms with Crippen LogP contribution in [0.3, 0.4) is 0 Å². The molecule has 10 atom stereocenters. The maximum atomic E-state index is 14.5. The van der Waals surface area contributed by atoms with Gasteiger partial charge in [-0.2, -0.15) is 0 Å². The molecular formula is C36H38N4O16. The van der Waals surface area contributed by atoms with Crippen molar-refractivity contribution in [2.75, 3.05) is 33.2 Å². The molecule has 298 valence electrons. The number of carbonyl (C=O) groups is 2. The second kappa shape index (κ2) is 13.8. The van der Waals surface area contributed by atoms with Gasteiger partial charge in [-0.05, 0) is 24.3 Å². The highest BCUT2D eigenvalue weighted by atomic mass is 16.7. The van der Waals surface area contributed by atoms with Gasteiger partial charge in [-0.25, -0.2) is 10.4 Å². The lowest BCUT2D eigenvalue weighted by Crippen LogP contribution is -2.63. The van der Waals surface area contributed by atoms with Crippen molar-refractivity contribution >= 4 is 55.4 Å². The summed E-state index contributed by atoms with van der Waals surface area (Å²) in [5.41, 5.74) is 3.92. The highest BCUT2D eigenvalue weighted by Crippen LogP contribution is 2.48. The molecule has 20 heteroatoms. The Kier molecular flexibility index (Phi) is 9.17. The highest BCUT2D eigenvalue weighted by Gasteiger charge is 2.52. The molecule has 4 aliphatic rings. The summed E-state index contributed by atoms with van der Waals surface area (Å²) in [6, 6.07) is 8.08. The summed E-state index contributed by atoms with van der Waals surface area (Å²) >= 11 is 0. The molecular weight excluding hydrogens is 744 g/mol. The number of amides is 2. The van der Waals surface area contributed by atoms with Gasteiger partial charge in [-0.15, -0.1) is 0 Å². The van der Waals surface area contributed by atoms with Crippen molar-refractivity contribution < 1.29 is 79.2 Å². The van der Waals surface area contributed by atoms with Crippen LogP contribution in [0.5, 0.6) is 11.5 Å². The van der Waals surface area contributed by atoms with Crippen molar-refractivity contribution in [1.82, 2.24) is 20.0 Å². The smallest absolute Gasteiger partial charge is 0.276 e. The summed E-state index contributed by atoms with van der Waals surface area (Å²) in [5, 5.41) is 98.3. The molecule has 3 saturated heterocycles. The van der Waals surface area contributed by atoms with Crippen LogP contribution in [0.15, 0.2) is 36.4 Å². The third kappa shape index (κ3) is 5.49. The number of imide groups is 1. The fraction of sp³-hybridized carbons (Fsp3) is 0.444. The number of aliphatic hydroxyl groups excluding tert-OH is 7. The van der Waals surface area contributed by atoms with Gasteiger partial charge in [0.25, 0.3) is 11.8 Å². The lowest BCUT2D eigenvalue weighted by molar-refractivity contribution is -0.346. The van der Waals surface area contributed by atoms with Crippen LogP contribution in [0, 0.1) is 0 Å². The number of aliphatic hydroxyl groups is 7. The number of nitrogens with one attached hydrogen (secondary N) is 2. The van der Waals surface area contributed by atoms with Crippen LogP contribution in [0.1, 0.15) is 26.9 Å². The number of hydrazine groups is 1. The second-order valence-electron chi connectivity index (χ2n) is 14.3. The fourth-order valence-electron chi connectivity index (χ4n) is 8.32. The summed E-state index contributed by atoms with van der Waals surface area (Å²) in [4.78, 5) is 32.1. The van der Waals surface area contributed by atoms with Crippen LogP contribution in [0.2, 0.25) is 0 Å². The van der Waals surface area contributed by atoms with Gasteiger partial charge in [-0.3, -0.25) is 9.59 Å². The van der Waals surface area contributed by atoms with Gasteiger partial charge in [0.05, 0.1) is 65.7 Å². The van der Waals surface area contributed by atoms with Gasteiger partial charge in [0.15, 0.2) is 12.5 Å². The lowest BCUT2D eigenvalue weighted by Gasteiger charge is -2.46. The Labute approximate surface area is 314 Å². The van der Waals surface area contributed by atoms with Crippen molar-refractivity contribution in [2.45, 2.75) is 67.4 Å². The van der Waals surface area contributed by atoms with Crippen molar-refractivity contribution in [1.29, 1.82) is 0 Å². The number of fused-ring (bicyclic) bond motifs is 10. The molecule has 56 heavy (non-hydrogen) atoms. The quantitative estimate of drug-likeness (QED) is 0.0805. The van der Waals surface area contributed by atoms with Crippen LogP contribution in [0.4, 0.5) is 0 Å². The van der Waals surface area contributed by atoms with E-state index in [9.17, 15) is 55.5 Å². The lowest BCUT2D eigenvalue weighted by atomic mass is 9.95. The first kappa shape index (κ1) is 37.1. The summed E-state index contributed by atoms with van der Waals surface area (Å²) in [6.07, 6.45) is -17.0. The largest absolute Gasteiger partial charge is 0.508 e. The van der Waals surface area contributed by atoms with Crippen molar-refractivity contribution in [3.63, 3.8) is 0 Å². The van der Waals surface area contributed by atoms with E-state index < -0.39 is 92.4 Å². The number of carbonyl (C=O) groups excluding carboxylic acids is 2. The van der Waals surface area contributed by atoms with E-state index in [2.05, 4.69) is 10.4 Å². The molecule has 5 aromatic rings. The summed E-state index contributed by atoms with van der Waals surface area (Å²) < 4.78 is 29.6. The number of aromatic amines is 1. The molecule has 4 aliphatic heterocycles. The third-order valence-electron chi connectivity index (χ3n) is 10.9. The predicted octanol–water partition coefficient (Wildman–Crippen LogP) is -1.89. The Bertz CT molecular complexity index is 2370. The van der Waals surface area contributed by atoms with Gasteiger partial charge in [0, 0.05) is 33.7 Å². The number of aromatic nitrogens is 2. The molecule has 0 aliphatic carbocycles. The van der Waals surface area contributed by atoms with Crippen molar-refractivity contribution in [2.24, 2.45) is 0 Å². The number of H-pyrrole nitrogens is 1. The average Bonchev–Trinajstić information content (AvgIpc) is 3.80. The monoisotopic (exact) mass is 782 g/mol. The molecule has 20 nitrogen and oxygen atoms in total. The third-order valence-corrected chi connectivity index (χ3v) is 10.9. The Morgan fingerprint density at radius 2 is 1.43 bits per heavy atom. The van der Waals surface area contributed by atoms with E-state index >= 15 is 0 Å². The maximum absolute atomic E-state index is 14.5. The number of rotatable bonds is 7. The van der Waals surface area contributed by atoms with Crippen LogP contribution in [-0.2, 0) is 23.7 Å². The van der Waals surface area contributed by atoms with Gasteiger partial charge in [0.1, 0.15) is 67.1 Å². The number of phenols is 2. The zero-order valence-corrected chi connectivity index (χ0v) is 29.1. The number of benzene rings is 3. The molecule has 3 aromatic carbocycles. The summed E-state index contributed by atoms with van der Waals surface area (Å²) in [6.45, 7) is -1.24. The molecule has 0 unspecified atom stereocenters. The molecule has 2 aromatic heterocycles. The van der Waals surface area contributed by atoms with Gasteiger partial charge < -0.3 is 79.2 Å². The van der Waals surface area contributed by atoms with Crippen LogP contribution >= 0.6 is 0 Å². The minimum Gasteiger partial charge on any atom is -0.508 e. The minimum absolute atomic E-state index is 0.0260. The van der Waals surface area contributed by atoms with Crippen LogP contribution in [0.25, 0.3) is 43.6 Å². The van der Waals surface area contributed by atoms with E-state index in [-0.39, 0.29) is 70.0 Å². The molecule has 6 heterocycles. The van der Waals surface area contributed by atoms with E-state index in [1.165, 1.54) is 34.9 Å². The Morgan fingerprint density at radius 3 is 2.12 bits per heavy atom. The Balaban J connectivity index is 1.23. The van der Waals surface area contributed by atoms with Gasteiger partial charge in [-0.1, -0.05) is 0 Å². The first-order valence-corrected chi connectivity index (χ1v) is 17.8. The average molecular weight is 783 g/mol. The van der Waals surface area contributed by atoms with Crippen LogP contribution < -0.4 is 5.43 Å². The first-order chi connectivity index (χ1) is 26.9. The second-order valence-corrected chi connectivity index (χ2v) is 14.3.